The number of carbonyl (C=O) groups excluding carboxylic acids is 1. The number of amides is 1. The van der Waals surface area contributed by atoms with E-state index >= 15 is 0 Å². The third-order valence-electron chi connectivity index (χ3n) is 5.86. The Kier molecular flexibility index (Phi) is 8.47. The fourth-order valence-corrected chi connectivity index (χ4v) is 5.42. The summed E-state index contributed by atoms with van der Waals surface area (Å²) in [7, 11) is -4.08. The Labute approximate surface area is 212 Å². The highest BCUT2D eigenvalue weighted by molar-refractivity contribution is 7.92. The topological polar surface area (TPSA) is 110 Å². The Hall–Kier alpha value is -3.72. The molecule has 0 bridgehead atoms. The summed E-state index contributed by atoms with van der Waals surface area (Å²) < 4.78 is 28.2. The van der Waals surface area contributed by atoms with Gasteiger partial charge in [0.1, 0.15) is 0 Å². The predicted octanol–water partition coefficient (Wildman–Crippen LogP) is 6.07. The van der Waals surface area contributed by atoms with E-state index in [0.29, 0.717) is 5.69 Å². The van der Waals surface area contributed by atoms with Crippen molar-refractivity contribution < 1.29 is 18.1 Å². The first-order chi connectivity index (χ1) is 17.0. The second kappa shape index (κ2) is 11.3. The van der Waals surface area contributed by atoms with E-state index in [2.05, 4.69) is 33.0 Å². The second-order valence-corrected chi connectivity index (χ2v) is 10.9. The molecule has 0 aliphatic rings. The van der Waals surface area contributed by atoms with Crippen LogP contribution in [-0.4, -0.2) is 25.8 Å². The quantitative estimate of drug-likeness (QED) is 0.264. The Bertz CT molecular complexity index is 1300. The Morgan fingerprint density at radius 3 is 1.94 bits per heavy atom. The van der Waals surface area contributed by atoms with Gasteiger partial charge in [-0.1, -0.05) is 64.1 Å². The molecular formula is C27H31N3O5S. The smallest absolute Gasteiger partial charge is 0.269 e. The van der Waals surface area contributed by atoms with Gasteiger partial charge < -0.3 is 5.32 Å². The van der Waals surface area contributed by atoms with Crippen LogP contribution in [0.25, 0.3) is 0 Å². The first-order valence-corrected chi connectivity index (χ1v) is 13.2. The molecule has 190 valence electrons. The van der Waals surface area contributed by atoms with Crippen molar-refractivity contribution in [2.45, 2.75) is 50.8 Å². The minimum Gasteiger partial charge on any atom is -0.326 e. The maximum atomic E-state index is 13.5. The van der Waals surface area contributed by atoms with Gasteiger partial charge in [-0.2, -0.15) is 0 Å². The number of non-ortho nitro benzene ring substituents is 1. The zero-order valence-electron chi connectivity index (χ0n) is 20.8. The van der Waals surface area contributed by atoms with Crippen molar-refractivity contribution in [2.24, 2.45) is 0 Å². The molecular weight excluding hydrogens is 478 g/mol. The number of benzene rings is 3. The van der Waals surface area contributed by atoms with Crippen molar-refractivity contribution in [2.75, 3.05) is 16.2 Å². The van der Waals surface area contributed by atoms with Gasteiger partial charge >= 0.3 is 0 Å². The lowest BCUT2D eigenvalue weighted by atomic mass is 9.92. The van der Waals surface area contributed by atoms with Crippen LogP contribution >= 0.6 is 0 Å². The van der Waals surface area contributed by atoms with Gasteiger partial charge in [0.15, 0.2) is 0 Å². The van der Waals surface area contributed by atoms with E-state index in [-0.39, 0.29) is 41.3 Å². The Morgan fingerprint density at radius 1 is 0.889 bits per heavy atom. The number of sulfonamides is 1. The maximum absolute atomic E-state index is 13.5. The van der Waals surface area contributed by atoms with Gasteiger partial charge in [-0.25, -0.2) is 8.42 Å². The third-order valence-corrected chi connectivity index (χ3v) is 7.70. The molecule has 0 aromatic heterocycles. The van der Waals surface area contributed by atoms with Crippen LogP contribution in [0.1, 0.15) is 57.1 Å². The van der Waals surface area contributed by atoms with Crippen molar-refractivity contribution in [1.29, 1.82) is 0 Å². The number of hydrogen-bond donors (Lipinski definition) is 1. The van der Waals surface area contributed by atoms with Crippen LogP contribution in [0.4, 0.5) is 17.1 Å². The number of nitrogens with one attached hydrogen (secondary N) is 1. The summed E-state index contributed by atoms with van der Waals surface area (Å²) in [6, 6.07) is 19.1. The lowest BCUT2D eigenvalue weighted by Gasteiger charge is -2.25. The normalized spacial score (nSPS) is 11.5. The highest BCUT2D eigenvalue weighted by atomic mass is 32.2. The fourth-order valence-electron chi connectivity index (χ4n) is 3.95. The van der Waals surface area contributed by atoms with E-state index in [9.17, 15) is 23.3 Å². The van der Waals surface area contributed by atoms with Gasteiger partial charge in [-0.05, 0) is 47.2 Å². The van der Waals surface area contributed by atoms with Crippen LogP contribution in [0.5, 0.6) is 0 Å². The summed E-state index contributed by atoms with van der Waals surface area (Å²) >= 11 is 0. The molecule has 0 saturated heterocycles. The van der Waals surface area contributed by atoms with Crippen LogP contribution in [0.15, 0.2) is 77.7 Å². The number of rotatable bonds is 10. The molecule has 0 unspecified atom stereocenters. The number of carbonyl (C=O) groups is 1. The predicted molar refractivity (Wildman–Crippen MR) is 142 cm³/mol. The molecule has 1 N–H and O–H groups in total. The minimum absolute atomic E-state index is 0.0783. The van der Waals surface area contributed by atoms with Crippen LogP contribution in [0.2, 0.25) is 0 Å². The molecule has 0 fully saturated rings. The maximum Gasteiger partial charge on any atom is 0.269 e. The summed E-state index contributed by atoms with van der Waals surface area (Å²) in [5.74, 6) is 0.0921. The Morgan fingerprint density at radius 2 is 1.44 bits per heavy atom. The molecule has 0 atom stereocenters. The monoisotopic (exact) mass is 509 g/mol. The van der Waals surface area contributed by atoms with E-state index in [1.807, 2.05) is 18.2 Å². The highest BCUT2D eigenvalue weighted by Crippen LogP contribution is 2.32. The average molecular weight is 510 g/mol. The van der Waals surface area contributed by atoms with E-state index in [4.69, 9.17) is 0 Å². The molecule has 0 saturated carbocycles. The summed E-state index contributed by atoms with van der Waals surface area (Å²) in [6.07, 6.45) is -0.0783. The van der Waals surface area contributed by atoms with Crippen LogP contribution in [0.3, 0.4) is 0 Å². The van der Waals surface area contributed by atoms with Gasteiger partial charge in [0.25, 0.3) is 15.7 Å². The second-order valence-electron chi connectivity index (χ2n) is 9.08. The zero-order valence-corrected chi connectivity index (χ0v) is 21.7. The molecule has 0 heterocycles. The molecule has 36 heavy (non-hydrogen) atoms. The van der Waals surface area contributed by atoms with Crippen LogP contribution in [-0.2, 0) is 14.8 Å². The van der Waals surface area contributed by atoms with Crippen molar-refractivity contribution in [3.63, 3.8) is 0 Å². The van der Waals surface area contributed by atoms with E-state index < -0.39 is 14.9 Å². The van der Waals surface area contributed by atoms with Gasteiger partial charge in [-0.15, -0.1) is 0 Å². The lowest BCUT2D eigenvalue weighted by molar-refractivity contribution is -0.384. The van der Waals surface area contributed by atoms with E-state index in [0.717, 1.165) is 33.3 Å². The standard InChI is InChI=1S/C27H31N3O5S/c1-19(2)24-11-8-12-25(20(3)4)27(24)28-26(31)17-18-29(21-9-6-5-7-10-21)36(34,35)23-15-13-22(14-16-23)30(32)33/h5-16,19-20H,17-18H2,1-4H3,(H,28,31). The third kappa shape index (κ3) is 6.09. The summed E-state index contributed by atoms with van der Waals surface area (Å²) in [5, 5.41) is 14.0. The first-order valence-electron chi connectivity index (χ1n) is 11.8. The molecule has 0 aliphatic heterocycles. The van der Waals surface area contributed by atoms with Crippen molar-refractivity contribution in [1.82, 2.24) is 0 Å². The summed E-state index contributed by atoms with van der Waals surface area (Å²) in [6.45, 7) is 8.13. The molecule has 8 nitrogen and oxygen atoms in total. The van der Waals surface area contributed by atoms with Crippen molar-refractivity contribution in [3.05, 3.63) is 94.0 Å². The van der Waals surface area contributed by atoms with E-state index in [1.54, 1.807) is 30.3 Å². The minimum atomic E-state index is -4.08. The molecule has 0 aliphatic carbocycles. The van der Waals surface area contributed by atoms with Gasteiger partial charge in [0, 0.05) is 30.8 Å². The molecule has 1 amide bonds. The molecule has 3 rings (SSSR count). The van der Waals surface area contributed by atoms with Crippen LogP contribution in [0, 0.1) is 10.1 Å². The number of anilines is 2. The number of hydrogen-bond acceptors (Lipinski definition) is 5. The first kappa shape index (κ1) is 26.9. The van der Waals surface area contributed by atoms with Crippen LogP contribution < -0.4 is 9.62 Å². The molecule has 3 aromatic rings. The molecule has 0 radical (unpaired) electrons. The number of nitro benzene ring substituents is 1. The van der Waals surface area contributed by atoms with Crippen molar-refractivity contribution in [3.8, 4) is 0 Å². The van der Waals surface area contributed by atoms with Gasteiger partial charge in [0.2, 0.25) is 5.91 Å². The van der Waals surface area contributed by atoms with Crippen molar-refractivity contribution >= 4 is 33.0 Å². The number of para-hydroxylation sites is 2. The van der Waals surface area contributed by atoms with Gasteiger partial charge in [-0.3, -0.25) is 19.2 Å². The highest BCUT2D eigenvalue weighted by Gasteiger charge is 2.26. The SMILES string of the molecule is CC(C)c1cccc(C(C)C)c1NC(=O)CCN(c1ccccc1)S(=O)(=O)c1ccc([N+](=O)[O-])cc1. The average Bonchev–Trinajstić information content (AvgIpc) is 2.84. The molecule has 3 aromatic carbocycles. The number of nitrogens with zero attached hydrogens (tertiary/aromatic N) is 2. The molecule has 9 heteroatoms. The fraction of sp³-hybridized carbons (Fsp3) is 0.296. The lowest BCUT2D eigenvalue weighted by Crippen LogP contribution is -2.34. The molecule has 0 spiro atoms. The largest absolute Gasteiger partial charge is 0.326 e. The zero-order chi connectivity index (χ0) is 26.5. The Balaban J connectivity index is 1.88. The number of nitro groups is 1. The van der Waals surface area contributed by atoms with E-state index in [1.165, 1.54) is 12.1 Å². The van der Waals surface area contributed by atoms with Gasteiger partial charge in [0.05, 0.1) is 15.5 Å². The summed E-state index contributed by atoms with van der Waals surface area (Å²) in [5.41, 5.74) is 3.01. The summed E-state index contributed by atoms with van der Waals surface area (Å²) in [4.78, 5) is 23.4.